The zero-order chi connectivity index (χ0) is 43.9. The Kier molecular flexibility index (Phi) is 7.12. The molecule has 1 aromatic heterocycles. The molecule has 14 rings (SSSR count). The van der Waals surface area contributed by atoms with Gasteiger partial charge in [0, 0.05) is 27.8 Å². The van der Waals surface area contributed by atoms with Gasteiger partial charge in [-0.3, -0.25) is 0 Å². The molecule has 3 heterocycles. The Balaban J connectivity index is 1.21. The zero-order valence-corrected chi connectivity index (χ0v) is 35.0. The van der Waals surface area contributed by atoms with Gasteiger partial charge < -0.3 is 18.9 Å². The molecular formula is C59H31N5O2. The Morgan fingerprint density at radius 1 is 0.500 bits per heavy atom. The van der Waals surface area contributed by atoms with Crippen LogP contribution in [0, 0.1) is 24.5 Å². The predicted octanol–water partition coefficient (Wildman–Crippen LogP) is 14.9. The summed E-state index contributed by atoms with van der Waals surface area (Å²) in [5, 5.41) is 13.7. The molecule has 0 unspecified atom stereocenters. The van der Waals surface area contributed by atoms with Crippen LogP contribution in [0.25, 0.3) is 59.4 Å². The fourth-order valence-electron chi connectivity index (χ4n) is 11.8. The highest BCUT2D eigenvalue weighted by molar-refractivity contribution is 6.16. The van der Waals surface area contributed by atoms with Crippen LogP contribution in [0.3, 0.4) is 0 Å². The van der Waals surface area contributed by atoms with Crippen LogP contribution >= 0.6 is 0 Å². The fourth-order valence-corrected chi connectivity index (χ4v) is 11.8. The average Bonchev–Trinajstić information content (AvgIpc) is 4.07. The molecule has 66 heavy (non-hydrogen) atoms. The maximum absolute atomic E-state index is 11.7. The van der Waals surface area contributed by atoms with Gasteiger partial charge in [0.15, 0.2) is 11.5 Å². The van der Waals surface area contributed by atoms with E-state index in [2.05, 4.69) is 116 Å². The maximum atomic E-state index is 11.7. The van der Waals surface area contributed by atoms with Crippen molar-refractivity contribution in [2.24, 2.45) is 0 Å². The Bertz CT molecular complexity index is 3870. The molecule has 0 saturated heterocycles. The van der Waals surface area contributed by atoms with E-state index in [1.165, 1.54) is 0 Å². The molecule has 0 bridgehead atoms. The van der Waals surface area contributed by atoms with Crippen LogP contribution < -0.4 is 9.64 Å². The van der Waals surface area contributed by atoms with Gasteiger partial charge in [0.1, 0.15) is 11.2 Å². The van der Waals surface area contributed by atoms with E-state index in [0.717, 1.165) is 72.0 Å². The molecule has 0 radical (unpaired) electrons. The second-order valence-electron chi connectivity index (χ2n) is 17.1. The van der Waals surface area contributed by atoms with Crippen molar-refractivity contribution in [1.29, 1.82) is 5.26 Å². The van der Waals surface area contributed by atoms with Gasteiger partial charge in [-0.25, -0.2) is 9.69 Å². The molecule has 2 spiro atoms. The summed E-state index contributed by atoms with van der Waals surface area (Å²) in [4.78, 5) is 10.6. The second kappa shape index (κ2) is 12.9. The molecule has 2 aliphatic heterocycles. The van der Waals surface area contributed by atoms with E-state index in [0.29, 0.717) is 39.7 Å². The van der Waals surface area contributed by atoms with Gasteiger partial charge in [0.25, 0.3) is 0 Å². The highest BCUT2D eigenvalue weighted by atomic mass is 16.5. The van der Waals surface area contributed by atoms with Crippen LogP contribution in [-0.4, -0.2) is 4.57 Å². The molecule has 0 atom stereocenters. The minimum atomic E-state index is -1.38. The number of anilines is 3. The van der Waals surface area contributed by atoms with Crippen LogP contribution in [0.1, 0.15) is 38.9 Å². The second-order valence-corrected chi connectivity index (χ2v) is 17.1. The standard InChI is InChI=1S/C59H31N5O2/c1-61-54-41(34-60)56(64-47-30-16-17-31-50(47)65-57-49(64)33-32-48-51(57)40-24-10-15-29-46(40)63(48)35-18-4-3-5-19-35)53-52(55(54)62-2)58(42-25-11-6-20-36(42)37-21-7-12-26-43(37)58)66-59(53)44-27-13-8-22-38(44)39-23-9-14-28-45(39)59/h3-33H. The highest BCUT2D eigenvalue weighted by Gasteiger charge is 2.65. The minimum absolute atomic E-state index is 0.0185. The van der Waals surface area contributed by atoms with E-state index < -0.39 is 11.2 Å². The van der Waals surface area contributed by atoms with Crippen LogP contribution in [-0.2, 0) is 15.9 Å². The lowest BCUT2D eigenvalue weighted by atomic mass is 9.75. The summed E-state index contributed by atoms with van der Waals surface area (Å²) in [5.74, 6) is 1.19. The molecule has 0 amide bonds. The summed E-state index contributed by atoms with van der Waals surface area (Å²) < 4.78 is 17.6. The van der Waals surface area contributed by atoms with Crippen molar-refractivity contribution in [1.82, 2.24) is 4.57 Å². The number of nitrogens with zero attached hydrogens (tertiary/aromatic N) is 5. The van der Waals surface area contributed by atoms with Crippen LogP contribution in [0.15, 0.2) is 188 Å². The van der Waals surface area contributed by atoms with Gasteiger partial charge in [-0.2, -0.15) is 5.26 Å². The molecule has 2 aliphatic carbocycles. The zero-order valence-electron chi connectivity index (χ0n) is 35.0. The topological polar surface area (TPSA) is 59.1 Å². The lowest BCUT2D eigenvalue weighted by Crippen LogP contribution is -2.34. The summed E-state index contributed by atoms with van der Waals surface area (Å²) in [5.41, 5.74) is 11.0. The van der Waals surface area contributed by atoms with Crippen molar-refractivity contribution in [3.63, 3.8) is 0 Å². The quantitative estimate of drug-likeness (QED) is 0.163. The first-order valence-corrected chi connectivity index (χ1v) is 21.8. The summed E-state index contributed by atoms with van der Waals surface area (Å²) in [6, 6.07) is 66.4. The molecule has 7 nitrogen and oxygen atoms in total. The van der Waals surface area contributed by atoms with Crippen LogP contribution in [0.5, 0.6) is 11.5 Å². The first-order chi connectivity index (χ1) is 32.6. The molecule has 4 aliphatic rings. The third-order valence-corrected chi connectivity index (χ3v) is 14.1. The number of ether oxygens (including phenoxy) is 2. The SMILES string of the molecule is [C-]#[N+]c1c(C#N)c(N2c3ccccc3Oc3c2ccc2c3c3ccccc3n2-c2ccccc2)c2c(c1[N+]#[C-])C1(OC23c2ccccc2-c2ccccc23)c2ccccc2-c2ccccc21. The van der Waals surface area contributed by atoms with Gasteiger partial charge in [0.2, 0.25) is 11.4 Å². The number of aromatic nitrogens is 1. The number of nitriles is 1. The summed E-state index contributed by atoms with van der Waals surface area (Å²) >= 11 is 0. The number of hydrogen-bond acceptors (Lipinski definition) is 4. The molecule has 0 saturated carbocycles. The largest absolute Gasteiger partial charge is 0.452 e. The van der Waals surface area contributed by atoms with E-state index in [1.54, 1.807) is 0 Å². The molecule has 7 heteroatoms. The van der Waals surface area contributed by atoms with Gasteiger partial charge in [-0.15, -0.1) is 0 Å². The van der Waals surface area contributed by atoms with Crippen molar-refractivity contribution in [3.05, 3.63) is 250 Å². The van der Waals surface area contributed by atoms with Gasteiger partial charge in [-0.1, -0.05) is 146 Å². The molecule has 9 aromatic carbocycles. The summed E-state index contributed by atoms with van der Waals surface area (Å²) in [6.45, 7) is 18.0. The number of hydrogen-bond donors (Lipinski definition) is 0. The van der Waals surface area contributed by atoms with Gasteiger partial charge in [0.05, 0.1) is 58.3 Å². The molecule has 0 fully saturated rings. The predicted molar refractivity (Wildman–Crippen MR) is 257 cm³/mol. The van der Waals surface area contributed by atoms with E-state index >= 15 is 0 Å². The van der Waals surface area contributed by atoms with Crippen molar-refractivity contribution >= 4 is 50.2 Å². The van der Waals surface area contributed by atoms with Crippen molar-refractivity contribution in [2.75, 3.05) is 4.90 Å². The summed E-state index contributed by atoms with van der Waals surface area (Å²) in [6.07, 6.45) is 0. The smallest absolute Gasteiger partial charge is 0.214 e. The number of rotatable bonds is 2. The van der Waals surface area contributed by atoms with E-state index in [-0.39, 0.29) is 16.9 Å². The van der Waals surface area contributed by atoms with Crippen LogP contribution in [0.4, 0.5) is 28.4 Å². The van der Waals surface area contributed by atoms with Crippen molar-refractivity contribution < 1.29 is 9.47 Å². The molecule has 10 aromatic rings. The Labute approximate surface area is 379 Å². The van der Waals surface area contributed by atoms with Crippen molar-refractivity contribution in [3.8, 4) is 45.5 Å². The Morgan fingerprint density at radius 2 is 1.03 bits per heavy atom. The lowest BCUT2D eigenvalue weighted by Gasteiger charge is -2.38. The first-order valence-electron chi connectivity index (χ1n) is 21.8. The minimum Gasteiger partial charge on any atom is -0.452 e. The number of benzene rings is 9. The van der Waals surface area contributed by atoms with Crippen LogP contribution in [0.2, 0.25) is 0 Å². The highest BCUT2D eigenvalue weighted by Crippen LogP contribution is 2.73. The molecule has 0 N–H and O–H groups in total. The Hall–Kier alpha value is -9.19. The van der Waals surface area contributed by atoms with E-state index in [9.17, 15) is 5.26 Å². The Morgan fingerprint density at radius 3 is 1.64 bits per heavy atom. The maximum Gasteiger partial charge on any atom is 0.214 e. The molecule has 304 valence electrons. The molecular weight excluding hydrogens is 811 g/mol. The monoisotopic (exact) mass is 841 g/mol. The third kappa shape index (κ3) is 4.23. The summed E-state index contributed by atoms with van der Waals surface area (Å²) in [7, 11) is 0. The number of fused-ring (bicyclic) bond motifs is 19. The first kappa shape index (κ1) is 36.3. The fraction of sp³-hybridized carbons (Fsp3) is 0.0339. The normalized spacial score (nSPS) is 14.6. The third-order valence-electron chi connectivity index (χ3n) is 14.1. The van der Waals surface area contributed by atoms with Gasteiger partial charge in [-0.05, 0) is 81.4 Å². The van der Waals surface area contributed by atoms with Crippen molar-refractivity contribution in [2.45, 2.75) is 11.2 Å². The van der Waals surface area contributed by atoms with E-state index in [1.807, 2.05) is 97.1 Å². The lowest BCUT2D eigenvalue weighted by molar-refractivity contribution is -0.0483. The average molecular weight is 842 g/mol. The van der Waals surface area contributed by atoms with Gasteiger partial charge >= 0.3 is 0 Å². The van der Waals surface area contributed by atoms with E-state index in [4.69, 9.17) is 22.6 Å². The number of para-hydroxylation sites is 4.